The van der Waals surface area contributed by atoms with E-state index in [9.17, 15) is 9.18 Å². The zero-order valence-electron chi connectivity index (χ0n) is 15.5. The van der Waals surface area contributed by atoms with E-state index in [2.05, 4.69) is 5.10 Å². The third kappa shape index (κ3) is 4.08. The van der Waals surface area contributed by atoms with Gasteiger partial charge < -0.3 is 20.2 Å². The molecular formula is C19H20FN5O3S. The van der Waals surface area contributed by atoms with Crippen LogP contribution >= 0.6 is 11.3 Å². The number of ether oxygens (including phenoxy) is 1. The smallest absolute Gasteiger partial charge is 0.414 e. The Hall–Kier alpha value is -2.98. The number of hydrazone groups is 1. The number of benzene rings is 1. The molecule has 2 aliphatic heterocycles. The Morgan fingerprint density at radius 2 is 2.21 bits per heavy atom. The Morgan fingerprint density at radius 1 is 1.34 bits per heavy atom. The lowest BCUT2D eigenvalue weighted by Gasteiger charge is -2.30. The van der Waals surface area contributed by atoms with E-state index >= 15 is 0 Å². The summed E-state index contributed by atoms with van der Waals surface area (Å²) in [5.74, 6) is -0.462. The molecule has 2 aliphatic rings. The molecule has 2 aromatic rings. The fourth-order valence-corrected chi connectivity index (χ4v) is 4.08. The predicted octanol–water partition coefficient (Wildman–Crippen LogP) is 2.47. The predicted molar refractivity (Wildman–Crippen MR) is 110 cm³/mol. The Kier molecular flexibility index (Phi) is 5.45. The van der Waals surface area contributed by atoms with E-state index in [1.165, 1.54) is 17.2 Å². The van der Waals surface area contributed by atoms with Crippen LogP contribution in [-0.2, 0) is 11.3 Å². The lowest BCUT2D eigenvalue weighted by molar-refractivity contribution is 0.0963. The second-order valence-electron chi connectivity index (χ2n) is 6.70. The molecule has 1 aromatic heterocycles. The zero-order chi connectivity index (χ0) is 20.4. The maximum absolute atomic E-state index is 14.7. The van der Waals surface area contributed by atoms with Gasteiger partial charge in [-0.05, 0) is 30.3 Å². The topological polar surface area (TPSA) is 92.5 Å². The summed E-state index contributed by atoms with van der Waals surface area (Å²) in [6.45, 7) is 1.77. The molecule has 0 aliphatic carbocycles. The summed E-state index contributed by atoms with van der Waals surface area (Å²) in [6, 6.07) is 8.45. The average molecular weight is 417 g/mol. The van der Waals surface area contributed by atoms with Gasteiger partial charge in [0.25, 0.3) is 0 Å². The van der Waals surface area contributed by atoms with Crippen LogP contribution in [0, 0.1) is 11.2 Å². The number of carbonyl (C=O) groups is 1. The van der Waals surface area contributed by atoms with E-state index in [0.717, 1.165) is 9.75 Å². The van der Waals surface area contributed by atoms with Crippen molar-refractivity contribution in [1.29, 1.82) is 5.41 Å². The van der Waals surface area contributed by atoms with Gasteiger partial charge in [0.2, 0.25) is 0 Å². The highest BCUT2D eigenvalue weighted by molar-refractivity contribution is 7.13. The highest BCUT2D eigenvalue weighted by Crippen LogP contribution is 2.28. The highest BCUT2D eigenvalue weighted by Gasteiger charge is 2.32. The number of hydrogen-bond donors (Lipinski definition) is 2. The molecule has 0 bridgehead atoms. The number of aliphatic hydroxyl groups is 1. The van der Waals surface area contributed by atoms with Crippen molar-refractivity contribution in [3.05, 3.63) is 45.9 Å². The molecule has 4 rings (SSSR count). The normalized spacial score (nSPS) is 19.0. The summed E-state index contributed by atoms with van der Waals surface area (Å²) in [4.78, 5) is 16.9. The van der Waals surface area contributed by atoms with Crippen LogP contribution in [0.25, 0.3) is 0 Å². The fourth-order valence-electron chi connectivity index (χ4n) is 3.24. The van der Waals surface area contributed by atoms with Gasteiger partial charge in [-0.1, -0.05) is 0 Å². The van der Waals surface area contributed by atoms with E-state index in [1.54, 1.807) is 34.7 Å². The van der Waals surface area contributed by atoms with Crippen LogP contribution in [0.15, 0.2) is 35.4 Å². The van der Waals surface area contributed by atoms with E-state index in [-0.39, 0.29) is 13.2 Å². The van der Waals surface area contributed by atoms with Crippen molar-refractivity contribution in [2.75, 3.05) is 36.0 Å². The summed E-state index contributed by atoms with van der Waals surface area (Å²) in [6.07, 6.45) is 1.74. The summed E-state index contributed by atoms with van der Waals surface area (Å²) in [7, 11) is 0. The average Bonchev–Trinajstić information content (AvgIpc) is 3.34. The summed E-state index contributed by atoms with van der Waals surface area (Å²) < 4.78 is 19.7. The number of aliphatic hydroxyl groups excluding tert-OH is 1. The maximum Gasteiger partial charge on any atom is 0.414 e. The van der Waals surface area contributed by atoms with Gasteiger partial charge in [-0.3, -0.25) is 9.91 Å². The Morgan fingerprint density at radius 3 is 2.83 bits per heavy atom. The summed E-state index contributed by atoms with van der Waals surface area (Å²) in [5, 5.41) is 22.7. The first-order valence-electron chi connectivity index (χ1n) is 9.11. The summed E-state index contributed by atoms with van der Waals surface area (Å²) >= 11 is 1.55. The molecule has 3 heterocycles. The molecule has 2 N–H and O–H groups in total. The minimum absolute atomic E-state index is 0.191. The zero-order valence-corrected chi connectivity index (χ0v) is 16.3. The molecule has 8 nitrogen and oxygen atoms in total. The number of anilines is 2. The number of carbonyl (C=O) groups excluding carboxylic acids is 1. The van der Waals surface area contributed by atoms with Gasteiger partial charge in [-0.2, -0.15) is 5.10 Å². The van der Waals surface area contributed by atoms with Crippen LogP contribution in [0.3, 0.4) is 0 Å². The molecule has 0 spiro atoms. The molecule has 29 heavy (non-hydrogen) atoms. The minimum atomic E-state index is -0.594. The monoisotopic (exact) mass is 417 g/mol. The highest BCUT2D eigenvalue weighted by atomic mass is 32.1. The quantitative estimate of drug-likeness (QED) is 0.705. The van der Waals surface area contributed by atoms with Crippen LogP contribution in [0.4, 0.5) is 20.6 Å². The molecule has 1 atom stereocenters. The van der Waals surface area contributed by atoms with E-state index in [4.69, 9.17) is 15.3 Å². The van der Waals surface area contributed by atoms with Crippen molar-refractivity contribution in [3.63, 3.8) is 0 Å². The van der Waals surface area contributed by atoms with Crippen LogP contribution in [-0.4, -0.2) is 61.1 Å². The molecule has 0 unspecified atom stereocenters. The lowest BCUT2D eigenvalue weighted by atomic mass is 10.2. The van der Waals surface area contributed by atoms with Crippen LogP contribution in [0.1, 0.15) is 9.75 Å². The molecule has 10 heteroatoms. The second kappa shape index (κ2) is 8.18. The molecule has 152 valence electrons. The standard InChI is InChI=1S/C19H20FN5O3S/c20-17-7-13(25-9-14(11-26)28-19(25)27)1-4-18(17)23-5-6-24(22-12-23)10-16-3-2-15(8-21)29-16/h1-4,7-8,12,14,21,26H,5-6,9-11H2/t14-/m1/s1. The van der Waals surface area contributed by atoms with Crippen molar-refractivity contribution in [2.45, 2.75) is 12.6 Å². The Labute approximate surface area is 170 Å². The SMILES string of the molecule is N=Cc1ccc(CN2CCN(c3ccc(N4C[C@H](CO)OC4=O)cc3F)C=N2)s1. The van der Waals surface area contributed by atoms with Crippen molar-refractivity contribution in [2.24, 2.45) is 5.10 Å². The third-order valence-corrected chi connectivity index (χ3v) is 5.76. The van der Waals surface area contributed by atoms with Gasteiger partial charge in [0.1, 0.15) is 18.3 Å². The number of hydrogen-bond acceptors (Lipinski definition) is 8. The number of halogens is 1. The summed E-state index contributed by atoms with van der Waals surface area (Å²) in [5.41, 5.74) is 0.771. The number of amides is 1. The maximum atomic E-state index is 14.7. The number of nitrogens with zero attached hydrogens (tertiary/aromatic N) is 4. The van der Waals surface area contributed by atoms with Crippen LogP contribution in [0.2, 0.25) is 0 Å². The fraction of sp³-hybridized carbons (Fsp3) is 0.316. The van der Waals surface area contributed by atoms with Gasteiger partial charge in [0.15, 0.2) is 0 Å². The largest absolute Gasteiger partial charge is 0.441 e. The van der Waals surface area contributed by atoms with E-state index < -0.39 is 18.0 Å². The van der Waals surface area contributed by atoms with Crippen molar-refractivity contribution < 1.29 is 19.0 Å². The molecule has 0 saturated carbocycles. The van der Waals surface area contributed by atoms with E-state index in [1.807, 2.05) is 17.1 Å². The van der Waals surface area contributed by atoms with Crippen molar-refractivity contribution in [3.8, 4) is 0 Å². The molecule has 1 saturated heterocycles. The number of nitrogens with one attached hydrogen (secondary N) is 1. The number of thiophene rings is 1. The molecule has 1 fully saturated rings. The molecule has 1 aromatic carbocycles. The van der Waals surface area contributed by atoms with Gasteiger partial charge in [-0.25, -0.2) is 9.18 Å². The minimum Gasteiger partial charge on any atom is -0.441 e. The first-order chi connectivity index (χ1) is 14.1. The van der Waals surface area contributed by atoms with Crippen LogP contribution in [0.5, 0.6) is 0 Å². The number of rotatable bonds is 6. The van der Waals surface area contributed by atoms with Crippen molar-refractivity contribution in [1.82, 2.24) is 5.01 Å². The van der Waals surface area contributed by atoms with Crippen LogP contribution < -0.4 is 9.80 Å². The molecular weight excluding hydrogens is 397 g/mol. The van der Waals surface area contributed by atoms with Gasteiger partial charge >= 0.3 is 6.09 Å². The first kappa shape index (κ1) is 19.3. The van der Waals surface area contributed by atoms with Gasteiger partial charge in [-0.15, -0.1) is 11.3 Å². The van der Waals surface area contributed by atoms with Gasteiger partial charge in [0, 0.05) is 22.5 Å². The number of cyclic esters (lactones) is 1. The second-order valence-corrected chi connectivity index (χ2v) is 7.90. The van der Waals surface area contributed by atoms with Gasteiger partial charge in [0.05, 0.1) is 37.6 Å². The Balaban J connectivity index is 1.43. The lowest BCUT2D eigenvalue weighted by Crippen LogP contribution is -2.37. The molecule has 1 amide bonds. The van der Waals surface area contributed by atoms with Crippen molar-refractivity contribution >= 4 is 41.4 Å². The first-order valence-corrected chi connectivity index (χ1v) is 9.92. The van der Waals surface area contributed by atoms with E-state index in [0.29, 0.717) is 31.0 Å². The third-order valence-electron chi connectivity index (χ3n) is 4.75. The Bertz CT molecular complexity index is 950. The molecule has 0 radical (unpaired) electrons.